The van der Waals surface area contributed by atoms with Crippen LogP contribution in [-0.4, -0.2) is 85.9 Å². The lowest BCUT2D eigenvalue weighted by Crippen LogP contribution is -2.47. The molecular formula is C21H31N5O3. The minimum absolute atomic E-state index is 0.0415. The molecule has 1 aromatic rings. The lowest BCUT2D eigenvalue weighted by Gasteiger charge is -2.32. The van der Waals surface area contributed by atoms with E-state index in [1.165, 1.54) is 0 Å². The Labute approximate surface area is 172 Å². The Balaban J connectivity index is 1.51. The highest BCUT2D eigenvalue weighted by atomic mass is 16.6. The van der Waals surface area contributed by atoms with Crippen LogP contribution in [0.25, 0.3) is 0 Å². The number of aromatic nitrogens is 1. The first-order valence-electron chi connectivity index (χ1n) is 10.3. The summed E-state index contributed by atoms with van der Waals surface area (Å²) in [6, 6.07) is 5.60. The number of rotatable bonds is 7. The zero-order valence-electron chi connectivity index (χ0n) is 17.4. The van der Waals surface area contributed by atoms with Crippen molar-refractivity contribution in [3.8, 4) is 6.07 Å². The molecule has 3 rings (SSSR count). The fraction of sp³-hybridized carbons (Fsp3) is 0.667. The summed E-state index contributed by atoms with van der Waals surface area (Å²) >= 11 is 0. The van der Waals surface area contributed by atoms with Crippen molar-refractivity contribution >= 4 is 11.7 Å². The Hall–Kier alpha value is -2.21. The molecule has 8 heteroatoms. The smallest absolute Gasteiger partial charge is 0.222 e. The molecular weight excluding hydrogens is 370 g/mol. The third-order valence-corrected chi connectivity index (χ3v) is 5.44. The number of anilines is 1. The van der Waals surface area contributed by atoms with Crippen LogP contribution in [0.2, 0.25) is 0 Å². The molecule has 3 heterocycles. The van der Waals surface area contributed by atoms with Gasteiger partial charge in [0, 0.05) is 25.7 Å². The molecule has 2 aliphatic rings. The molecule has 0 aromatic carbocycles. The van der Waals surface area contributed by atoms with Crippen LogP contribution in [-0.2, 0) is 14.3 Å². The zero-order chi connectivity index (χ0) is 20.7. The van der Waals surface area contributed by atoms with Gasteiger partial charge >= 0.3 is 0 Å². The monoisotopic (exact) mass is 401 g/mol. The van der Waals surface area contributed by atoms with Gasteiger partial charge in [-0.2, -0.15) is 5.26 Å². The van der Waals surface area contributed by atoms with Crippen molar-refractivity contribution in [2.45, 2.75) is 37.4 Å². The Morgan fingerprint density at radius 2 is 2.34 bits per heavy atom. The van der Waals surface area contributed by atoms with Crippen LogP contribution in [0, 0.1) is 11.3 Å². The highest BCUT2D eigenvalue weighted by molar-refractivity contribution is 5.76. The van der Waals surface area contributed by atoms with Crippen LogP contribution in [0.3, 0.4) is 0 Å². The average Bonchev–Trinajstić information content (AvgIpc) is 2.98. The van der Waals surface area contributed by atoms with E-state index in [1.807, 2.05) is 19.0 Å². The van der Waals surface area contributed by atoms with E-state index in [0.29, 0.717) is 44.8 Å². The minimum Gasteiger partial charge on any atom is -0.377 e. The summed E-state index contributed by atoms with van der Waals surface area (Å²) in [6.45, 7) is 3.86. The molecule has 158 valence electrons. The first-order chi connectivity index (χ1) is 14.0. The fourth-order valence-electron chi connectivity index (χ4n) is 3.87. The van der Waals surface area contributed by atoms with Gasteiger partial charge in [-0.15, -0.1) is 0 Å². The van der Waals surface area contributed by atoms with Crippen LogP contribution < -0.4 is 5.32 Å². The van der Waals surface area contributed by atoms with Crippen molar-refractivity contribution in [1.82, 2.24) is 14.8 Å². The van der Waals surface area contributed by atoms with E-state index >= 15 is 0 Å². The van der Waals surface area contributed by atoms with Gasteiger partial charge in [-0.05, 0) is 52.0 Å². The summed E-state index contributed by atoms with van der Waals surface area (Å²) in [5.41, 5.74) is 0.121. The van der Waals surface area contributed by atoms with Crippen LogP contribution in [0.4, 0.5) is 5.82 Å². The van der Waals surface area contributed by atoms with Gasteiger partial charge in [0.05, 0.1) is 31.4 Å². The van der Waals surface area contributed by atoms with Crippen molar-refractivity contribution in [3.63, 3.8) is 0 Å². The van der Waals surface area contributed by atoms with E-state index in [2.05, 4.69) is 21.3 Å². The van der Waals surface area contributed by atoms with Gasteiger partial charge in [0.15, 0.2) is 0 Å². The first kappa shape index (κ1) is 21.5. The molecule has 1 spiro atoms. The van der Waals surface area contributed by atoms with E-state index in [9.17, 15) is 4.79 Å². The standard InChI is InChI=1S/C21H31N5O3/c1-25(2)9-3-4-20(27)26-10-11-28-16-21(15-26)8-7-18(29-21)14-24-19-6-5-17(12-22)13-23-19/h5-6,13,18H,3-4,7-11,14-16H2,1-2H3,(H,23,24)/t18-,21-/m0/s1. The maximum Gasteiger partial charge on any atom is 0.222 e. The van der Waals surface area contributed by atoms with E-state index in [4.69, 9.17) is 14.7 Å². The Bertz CT molecular complexity index is 718. The van der Waals surface area contributed by atoms with Crippen molar-refractivity contribution in [2.24, 2.45) is 0 Å². The number of hydrogen-bond acceptors (Lipinski definition) is 7. The number of amides is 1. The highest BCUT2D eigenvalue weighted by Gasteiger charge is 2.43. The summed E-state index contributed by atoms with van der Waals surface area (Å²) in [4.78, 5) is 20.9. The fourth-order valence-corrected chi connectivity index (χ4v) is 3.87. The summed E-state index contributed by atoms with van der Waals surface area (Å²) < 4.78 is 12.2. The molecule has 0 unspecified atom stereocenters. The Morgan fingerprint density at radius 1 is 1.48 bits per heavy atom. The minimum atomic E-state index is -0.419. The lowest BCUT2D eigenvalue weighted by molar-refractivity contribution is -0.136. The summed E-state index contributed by atoms with van der Waals surface area (Å²) in [7, 11) is 4.04. The van der Waals surface area contributed by atoms with Crippen LogP contribution >= 0.6 is 0 Å². The highest BCUT2D eigenvalue weighted by Crippen LogP contribution is 2.33. The number of hydrogen-bond donors (Lipinski definition) is 1. The second-order valence-corrected chi connectivity index (χ2v) is 8.16. The van der Waals surface area contributed by atoms with Crippen LogP contribution in [0.5, 0.6) is 0 Å². The molecule has 1 N–H and O–H groups in total. The van der Waals surface area contributed by atoms with Gasteiger partial charge in [-0.1, -0.05) is 0 Å². The third kappa shape index (κ3) is 6.13. The molecule has 0 aliphatic carbocycles. The topological polar surface area (TPSA) is 90.7 Å². The average molecular weight is 402 g/mol. The number of nitrogens with zero attached hydrogens (tertiary/aromatic N) is 4. The second-order valence-electron chi connectivity index (χ2n) is 8.16. The van der Waals surface area contributed by atoms with Crippen molar-refractivity contribution in [3.05, 3.63) is 23.9 Å². The molecule has 2 saturated heterocycles. The number of pyridine rings is 1. The summed E-state index contributed by atoms with van der Waals surface area (Å²) in [6.07, 6.45) is 4.81. The predicted octanol–water partition coefficient (Wildman–Crippen LogP) is 1.48. The molecule has 0 saturated carbocycles. The molecule has 2 fully saturated rings. The second kappa shape index (κ2) is 10.0. The normalized spacial score (nSPS) is 24.5. The molecule has 29 heavy (non-hydrogen) atoms. The number of nitrogens with one attached hydrogen (secondary N) is 1. The molecule has 1 aromatic heterocycles. The van der Waals surface area contributed by atoms with E-state index in [1.54, 1.807) is 18.3 Å². The lowest BCUT2D eigenvalue weighted by atomic mass is 10.00. The maximum atomic E-state index is 12.7. The van der Waals surface area contributed by atoms with Crippen molar-refractivity contribution < 1.29 is 14.3 Å². The maximum absolute atomic E-state index is 12.7. The molecule has 1 amide bonds. The third-order valence-electron chi connectivity index (χ3n) is 5.44. The van der Waals surface area contributed by atoms with Gasteiger partial charge in [0.25, 0.3) is 0 Å². The molecule has 2 aliphatic heterocycles. The molecule has 0 radical (unpaired) electrons. The Morgan fingerprint density at radius 3 is 3.07 bits per heavy atom. The molecule has 8 nitrogen and oxygen atoms in total. The number of carbonyl (C=O) groups excluding carboxylic acids is 1. The quantitative estimate of drug-likeness (QED) is 0.740. The summed E-state index contributed by atoms with van der Waals surface area (Å²) in [5, 5.41) is 12.1. The first-order valence-corrected chi connectivity index (χ1v) is 10.3. The van der Waals surface area contributed by atoms with Crippen LogP contribution in [0.1, 0.15) is 31.2 Å². The van der Waals surface area contributed by atoms with Gasteiger partial charge in [0.1, 0.15) is 17.5 Å². The van der Waals surface area contributed by atoms with Gasteiger partial charge in [-0.3, -0.25) is 4.79 Å². The number of ether oxygens (including phenoxy) is 2. The number of carbonyl (C=O) groups is 1. The van der Waals surface area contributed by atoms with Gasteiger partial charge < -0.3 is 24.6 Å². The number of nitriles is 1. The van der Waals surface area contributed by atoms with E-state index < -0.39 is 5.60 Å². The van der Waals surface area contributed by atoms with Crippen LogP contribution in [0.15, 0.2) is 18.3 Å². The van der Waals surface area contributed by atoms with Crippen molar-refractivity contribution in [2.75, 3.05) is 58.8 Å². The molecule has 0 bridgehead atoms. The predicted molar refractivity (Wildman–Crippen MR) is 109 cm³/mol. The van der Waals surface area contributed by atoms with Gasteiger partial charge in [-0.25, -0.2) is 4.98 Å². The molecule has 2 atom stereocenters. The largest absolute Gasteiger partial charge is 0.377 e. The van der Waals surface area contributed by atoms with Crippen molar-refractivity contribution in [1.29, 1.82) is 5.26 Å². The van der Waals surface area contributed by atoms with Gasteiger partial charge in [0.2, 0.25) is 5.91 Å². The zero-order valence-corrected chi connectivity index (χ0v) is 17.4. The summed E-state index contributed by atoms with van der Waals surface area (Å²) in [5.74, 6) is 0.909. The van der Waals surface area contributed by atoms with E-state index in [0.717, 1.165) is 31.6 Å². The SMILES string of the molecule is CN(C)CCCC(=O)N1CCOC[C@]2(CC[C@@H](CNc3ccc(C#N)cn3)O2)C1. The van der Waals surface area contributed by atoms with E-state index in [-0.39, 0.29) is 12.0 Å². The Kier molecular flexibility index (Phi) is 7.42.